The second kappa shape index (κ2) is 8.33. The van der Waals surface area contributed by atoms with Crippen LogP contribution in [0.2, 0.25) is 0 Å². The molecule has 94 valence electrons. The van der Waals surface area contributed by atoms with Crippen molar-refractivity contribution < 1.29 is 33.9 Å². The summed E-state index contributed by atoms with van der Waals surface area (Å²) in [5.41, 5.74) is 0.997. The number of aliphatic hydroxyl groups excluding tert-OH is 1. The van der Waals surface area contributed by atoms with Gasteiger partial charge in [0.15, 0.2) is 0 Å². The first kappa shape index (κ1) is 17.2. The first-order valence-electron chi connectivity index (χ1n) is 5.68. The van der Waals surface area contributed by atoms with E-state index in [2.05, 4.69) is 5.32 Å². The Morgan fingerprint density at radius 2 is 1.89 bits per heavy atom. The van der Waals surface area contributed by atoms with Crippen LogP contribution in [0, 0.1) is 5.92 Å². The van der Waals surface area contributed by atoms with Crippen LogP contribution in [-0.4, -0.2) is 23.2 Å². The predicted octanol–water partition coefficient (Wildman–Crippen LogP) is -3.08. The maximum atomic E-state index is 11.0. The number of aliphatic hydroxyl groups is 1. The Hall–Kier alpha value is -0.793. The summed E-state index contributed by atoms with van der Waals surface area (Å²) < 4.78 is 0. The number of aliphatic carboxylic acids is 1. The van der Waals surface area contributed by atoms with Gasteiger partial charge in [-0.1, -0.05) is 37.3 Å². The topological polar surface area (TPSA) is 72.4 Å². The van der Waals surface area contributed by atoms with Gasteiger partial charge in [0, 0.05) is 12.5 Å². The van der Waals surface area contributed by atoms with Gasteiger partial charge in [0.05, 0.1) is 18.1 Å². The van der Waals surface area contributed by atoms with Gasteiger partial charge in [-0.2, -0.15) is 0 Å². The van der Waals surface area contributed by atoms with Crippen molar-refractivity contribution >= 4 is 5.97 Å². The molecule has 0 saturated heterocycles. The summed E-state index contributed by atoms with van der Waals surface area (Å²) >= 11 is 0. The van der Waals surface area contributed by atoms with Gasteiger partial charge in [0.25, 0.3) is 0 Å². The minimum Gasteiger partial charge on any atom is -0.548 e. The molecule has 0 bridgehead atoms. The number of hydrogen-bond acceptors (Lipinski definition) is 4. The van der Waals surface area contributed by atoms with E-state index in [1.165, 1.54) is 0 Å². The number of carboxylic acids is 1. The Bertz CT molecular complexity index is 357. The second-order valence-corrected chi connectivity index (χ2v) is 4.26. The molecular formula is C13H18LiNO3. The van der Waals surface area contributed by atoms with Crippen LogP contribution in [0.25, 0.3) is 0 Å². The van der Waals surface area contributed by atoms with E-state index in [0.29, 0.717) is 6.54 Å². The molecule has 0 aliphatic rings. The van der Waals surface area contributed by atoms with Crippen molar-refractivity contribution in [1.29, 1.82) is 0 Å². The standard InChI is InChI=1S/C13H19NO3.Li/c1-9(10(2)15)12(13(16)17)14-8-11-6-4-3-5-7-11;/h3-7,9-10,12,14-15H,8H2,1-2H3,(H,16,17);/q;+1/p-1/t9-,10-,12-;/m0./s1. The van der Waals surface area contributed by atoms with E-state index >= 15 is 0 Å². The van der Waals surface area contributed by atoms with Crippen LogP contribution in [-0.2, 0) is 11.3 Å². The van der Waals surface area contributed by atoms with E-state index in [1.54, 1.807) is 13.8 Å². The molecule has 1 rings (SSSR count). The zero-order valence-corrected chi connectivity index (χ0v) is 11.1. The maximum Gasteiger partial charge on any atom is 1.00 e. The molecule has 5 heteroatoms. The van der Waals surface area contributed by atoms with Gasteiger partial charge in [-0.15, -0.1) is 0 Å². The SMILES string of the molecule is C[C@@H]([C@H](C)O)[C@H](NCc1ccccc1)C(=O)[O-].[Li+]. The average Bonchev–Trinajstić information content (AvgIpc) is 2.29. The van der Waals surface area contributed by atoms with Crippen LogP contribution < -0.4 is 29.3 Å². The van der Waals surface area contributed by atoms with Crippen molar-refractivity contribution in [2.45, 2.75) is 32.5 Å². The fourth-order valence-electron chi connectivity index (χ4n) is 1.59. The Kier molecular flexibility index (Phi) is 7.97. The third-order valence-corrected chi connectivity index (χ3v) is 2.91. The van der Waals surface area contributed by atoms with Crippen molar-refractivity contribution in [3.8, 4) is 0 Å². The number of hydrogen-bond donors (Lipinski definition) is 2. The Morgan fingerprint density at radius 3 is 2.33 bits per heavy atom. The van der Waals surface area contributed by atoms with Gasteiger partial charge in [-0.05, 0) is 12.5 Å². The van der Waals surface area contributed by atoms with Gasteiger partial charge in [0.2, 0.25) is 0 Å². The van der Waals surface area contributed by atoms with E-state index in [-0.39, 0.29) is 18.9 Å². The van der Waals surface area contributed by atoms with Crippen LogP contribution in [0.15, 0.2) is 30.3 Å². The van der Waals surface area contributed by atoms with E-state index in [4.69, 9.17) is 0 Å². The molecule has 0 aromatic heterocycles. The summed E-state index contributed by atoms with van der Waals surface area (Å²) in [4.78, 5) is 11.0. The number of benzene rings is 1. The molecule has 0 amide bonds. The molecule has 0 radical (unpaired) electrons. The van der Waals surface area contributed by atoms with Crippen molar-refractivity contribution in [3.05, 3.63) is 35.9 Å². The summed E-state index contributed by atoms with van der Waals surface area (Å²) in [6, 6.07) is 8.65. The summed E-state index contributed by atoms with van der Waals surface area (Å²) in [7, 11) is 0. The molecule has 0 spiro atoms. The summed E-state index contributed by atoms with van der Waals surface area (Å²) in [6.45, 7) is 3.70. The number of rotatable bonds is 6. The minimum absolute atomic E-state index is 0. The molecule has 0 unspecified atom stereocenters. The molecule has 0 fully saturated rings. The number of carbonyl (C=O) groups excluding carboxylic acids is 1. The van der Waals surface area contributed by atoms with Crippen molar-refractivity contribution in [2.24, 2.45) is 5.92 Å². The van der Waals surface area contributed by atoms with Crippen LogP contribution in [0.1, 0.15) is 19.4 Å². The van der Waals surface area contributed by atoms with Gasteiger partial charge in [-0.25, -0.2) is 0 Å². The molecule has 18 heavy (non-hydrogen) atoms. The quantitative estimate of drug-likeness (QED) is 0.520. The van der Waals surface area contributed by atoms with Crippen molar-refractivity contribution in [3.63, 3.8) is 0 Å². The smallest absolute Gasteiger partial charge is 0.548 e. The Labute approximate surface area is 120 Å². The summed E-state index contributed by atoms with van der Waals surface area (Å²) in [6.07, 6.45) is -0.693. The normalized spacial score (nSPS) is 15.3. The molecule has 0 saturated carbocycles. The van der Waals surface area contributed by atoms with Crippen molar-refractivity contribution in [1.82, 2.24) is 5.32 Å². The maximum absolute atomic E-state index is 11.0. The number of carbonyl (C=O) groups is 1. The van der Waals surface area contributed by atoms with Crippen LogP contribution in [0.4, 0.5) is 0 Å². The predicted molar refractivity (Wildman–Crippen MR) is 62.9 cm³/mol. The Morgan fingerprint density at radius 1 is 1.33 bits per heavy atom. The summed E-state index contributed by atoms with van der Waals surface area (Å²) in [5.74, 6) is -1.59. The summed E-state index contributed by atoms with van der Waals surface area (Å²) in [5, 5.41) is 23.3. The van der Waals surface area contributed by atoms with Gasteiger partial charge < -0.3 is 20.3 Å². The van der Waals surface area contributed by atoms with Crippen LogP contribution >= 0.6 is 0 Å². The molecule has 1 aromatic carbocycles. The monoisotopic (exact) mass is 243 g/mol. The van der Waals surface area contributed by atoms with Gasteiger partial charge >= 0.3 is 18.9 Å². The molecule has 3 atom stereocenters. The molecule has 0 aliphatic heterocycles. The van der Waals surface area contributed by atoms with Crippen molar-refractivity contribution in [2.75, 3.05) is 0 Å². The first-order valence-corrected chi connectivity index (χ1v) is 5.68. The number of nitrogens with one attached hydrogen (secondary N) is 1. The second-order valence-electron chi connectivity index (χ2n) is 4.26. The fourth-order valence-corrected chi connectivity index (χ4v) is 1.59. The molecule has 0 heterocycles. The molecule has 4 nitrogen and oxygen atoms in total. The van der Waals surface area contributed by atoms with Gasteiger partial charge in [0.1, 0.15) is 0 Å². The third kappa shape index (κ3) is 5.24. The zero-order chi connectivity index (χ0) is 12.8. The van der Waals surface area contributed by atoms with E-state index in [9.17, 15) is 15.0 Å². The molecule has 2 N–H and O–H groups in total. The Balaban J connectivity index is 0.00000289. The van der Waals surface area contributed by atoms with Gasteiger partial charge in [-0.3, -0.25) is 0 Å². The fraction of sp³-hybridized carbons (Fsp3) is 0.462. The van der Waals surface area contributed by atoms with E-state index < -0.39 is 24.0 Å². The third-order valence-electron chi connectivity index (χ3n) is 2.91. The largest absolute Gasteiger partial charge is 1.00 e. The van der Waals surface area contributed by atoms with E-state index in [1.807, 2.05) is 30.3 Å². The van der Waals surface area contributed by atoms with E-state index in [0.717, 1.165) is 5.56 Å². The molecule has 0 aliphatic carbocycles. The van der Waals surface area contributed by atoms with Crippen LogP contribution in [0.5, 0.6) is 0 Å². The zero-order valence-electron chi connectivity index (χ0n) is 11.1. The first-order chi connectivity index (χ1) is 8.02. The molecule has 1 aromatic rings. The number of carboxylic acid groups (broad SMARTS) is 1. The average molecular weight is 243 g/mol. The molecular weight excluding hydrogens is 225 g/mol. The minimum atomic E-state index is -1.19. The van der Waals surface area contributed by atoms with Crippen LogP contribution in [0.3, 0.4) is 0 Å².